The molecule has 1 amide bonds. The number of aromatic nitrogens is 4. The van der Waals surface area contributed by atoms with Crippen molar-refractivity contribution in [3.8, 4) is 11.4 Å². The second-order valence-electron chi connectivity index (χ2n) is 5.17. The van der Waals surface area contributed by atoms with Crippen LogP contribution in [-0.4, -0.2) is 33.0 Å². The highest BCUT2D eigenvalue weighted by molar-refractivity contribution is 5.78. The van der Waals surface area contributed by atoms with Crippen LogP contribution in [0.5, 0.6) is 5.75 Å². The fourth-order valence-electron chi connectivity index (χ4n) is 2.18. The first-order valence-electron chi connectivity index (χ1n) is 7.46. The molecule has 0 saturated heterocycles. The molecule has 7 nitrogen and oxygen atoms in total. The number of amides is 1. The summed E-state index contributed by atoms with van der Waals surface area (Å²) < 4.78 is 6.72. The van der Waals surface area contributed by atoms with Gasteiger partial charge in [0.05, 0.1) is 38.2 Å². The van der Waals surface area contributed by atoms with E-state index in [0.29, 0.717) is 18.7 Å². The molecule has 1 aromatic carbocycles. The van der Waals surface area contributed by atoms with Gasteiger partial charge < -0.3 is 10.1 Å². The lowest BCUT2D eigenvalue weighted by atomic mass is 10.1. The van der Waals surface area contributed by atoms with Gasteiger partial charge in [-0.2, -0.15) is 0 Å². The Kier molecular flexibility index (Phi) is 4.81. The quantitative estimate of drug-likeness (QED) is 0.744. The fourth-order valence-corrected chi connectivity index (χ4v) is 2.18. The minimum Gasteiger partial charge on any atom is -0.497 e. The summed E-state index contributed by atoms with van der Waals surface area (Å²) in [6.07, 6.45) is 5.47. The van der Waals surface area contributed by atoms with Crippen molar-refractivity contribution in [2.24, 2.45) is 0 Å². The molecule has 0 unspecified atom stereocenters. The number of hydrogen-bond acceptors (Lipinski definition) is 5. The second-order valence-corrected chi connectivity index (χ2v) is 5.17. The number of methoxy groups -OCH3 is 1. The van der Waals surface area contributed by atoms with Gasteiger partial charge in [-0.25, -0.2) is 4.68 Å². The monoisotopic (exact) mass is 323 g/mol. The molecule has 3 rings (SSSR count). The third kappa shape index (κ3) is 3.95. The van der Waals surface area contributed by atoms with Gasteiger partial charge >= 0.3 is 0 Å². The number of pyridine rings is 1. The van der Waals surface area contributed by atoms with E-state index in [0.717, 1.165) is 17.0 Å². The van der Waals surface area contributed by atoms with Crippen LogP contribution in [0.2, 0.25) is 0 Å². The zero-order chi connectivity index (χ0) is 16.8. The highest BCUT2D eigenvalue weighted by Crippen LogP contribution is 2.11. The maximum Gasteiger partial charge on any atom is 0.224 e. The molecule has 0 aliphatic carbocycles. The standard InChI is InChI=1S/C17H17N5O2/c1-24-16-6-4-13(5-7-16)9-17(23)19-10-14-12-22(21-20-14)15-3-2-8-18-11-15/h2-8,11-12H,9-10H2,1H3,(H,19,23). The number of hydrogen-bond donors (Lipinski definition) is 1. The molecule has 0 radical (unpaired) electrons. The summed E-state index contributed by atoms with van der Waals surface area (Å²) >= 11 is 0. The zero-order valence-electron chi connectivity index (χ0n) is 13.2. The van der Waals surface area contributed by atoms with Crippen LogP contribution in [0.3, 0.4) is 0 Å². The molecular weight excluding hydrogens is 306 g/mol. The number of benzene rings is 1. The zero-order valence-corrected chi connectivity index (χ0v) is 13.2. The number of nitrogens with zero attached hydrogens (tertiary/aromatic N) is 4. The van der Waals surface area contributed by atoms with Crippen LogP contribution in [-0.2, 0) is 17.8 Å². The molecule has 7 heteroatoms. The van der Waals surface area contributed by atoms with Gasteiger partial charge in [0.15, 0.2) is 0 Å². The van der Waals surface area contributed by atoms with Crippen LogP contribution in [0.1, 0.15) is 11.3 Å². The number of rotatable bonds is 6. The smallest absolute Gasteiger partial charge is 0.224 e. The third-order valence-corrected chi connectivity index (χ3v) is 3.44. The highest BCUT2D eigenvalue weighted by Gasteiger charge is 2.07. The number of ether oxygens (including phenoxy) is 1. The molecule has 0 bridgehead atoms. The molecule has 0 fully saturated rings. The second kappa shape index (κ2) is 7.36. The Bertz CT molecular complexity index is 799. The molecule has 3 aromatic rings. The average Bonchev–Trinajstić information content (AvgIpc) is 3.10. The third-order valence-electron chi connectivity index (χ3n) is 3.44. The van der Waals surface area contributed by atoms with Crippen molar-refractivity contribution in [3.63, 3.8) is 0 Å². The van der Waals surface area contributed by atoms with Gasteiger partial charge in [-0.15, -0.1) is 5.10 Å². The molecule has 0 aliphatic heterocycles. The van der Waals surface area contributed by atoms with Crippen molar-refractivity contribution in [1.82, 2.24) is 25.3 Å². The molecule has 122 valence electrons. The Labute approximate surface area is 139 Å². The van der Waals surface area contributed by atoms with Crippen molar-refractivity contribution in [3.05, 3.63) is 66.2 Å². The molecule has 1 N–H and O–H groups in total. The van der Waals surface area contributed by atoms with Crippen molar-refractivity contribution in [1.29, 1.82) is 0 Å². The number of nitrogens with one attached hydrogen (secondary N) is 1. The lowest BCUT2D eigenvalue weighted by Gasteiger charge is -2.04. The molecular formula is C17H17N5O2. The van der Waals surface area contributed by atoms with E-state index < -0.39 is 0 Å². The molecule has 0 spiro atoms. The van der Waals surface area contributed by atoms with E-state index in [1.165, 1.54) is 0 Å². The van der Waals surface area contributed by atoms with E-state index in [-0.39, 0.29) is 5.91 Å². The summed E-state index contributed by atoms with van der Waals surface area (Å²) in [4.78, 5) is 16.0. The first kappa shape index (κ1) is 15.7. The number of carbonyl (C=O) groups is 1. The van der Waals surface area contributed by atoms with Crippen LogP contribution in [0.25, 0.3) is 5.69 Å². The SMILES string of the molecule is COc1ccc(CC(=O)NCc2cn(-c3cccnc3)nn2)cc1. The average molecular weight is 323 g/mol. The van der Waals surface area contributed by atoms with Crippen LogP contribution < -0.4 is 10.1 Å². The van der Waals surface area contributed by atoms with Gasteiger partial charge in [-0.1, -0.05) is 17.3 Å². The van der Waals surface area contributed by atoms with Crippen molar-refractivity contribution in [2.75, 3.05) is 7.11 Å². The van der Waals surface area contributed by atoms with Crippen molar-refractivity contribution < 1.29 is 9.53 Å². The topological polar surface area (TPSA) is 81.9 Å². The van der Waals surface area contributed by atoms with Gasteiger partial charge in [0, 0.05) is 6.20 Å². The van der Waals surface area contributed by atoms with Gasteiger partial charge in [-0.05, 0) is 29.8 Å². The van der Waals surface area contributed by atoms with Gasteiger partial charge in [0.25, 0.3) is 0 Å². The van der Waals surface area contributed by atoms with Crippen LogP contribution in [0, 0.1) is 0 Å². The van der Waals surface area contributed by atoms with Crippen LogP contribution >= 0.6 is 0 Å². The van der Waals surface area contributed by atoms with Gasteiger partial charge in [-0.3, -0.25) is 9.78 Å². The maximum atomic E-state index is 12.0. The van der Waals surface area contributed by atoms with E-state index in [1.54, 1.807) is 30.4 Å². The largest absolute Gasteiger partial charge is 0.497 e. The van der Waals surface area contributed by atoms with E-state index in [1.807, 2.05) is 36.4 Å². The summed E-state index contributed by atoms with van der Waals surface area (Å²) in [7, 11) is 1.61. The van der Waals surface area contributed by atoms with Crippen LogP contribution in [0.15, 0.2) is 55.0 Å². The summed E-state index contributed by atoms with van der Waals surface area (Å²) in [5.41, 5.74) is 2.43. The Balaban J connectivity index is 1.53. The fraction of sp³-hybridized carbons (Fsp3) is 0.176. The van der Waals surface area contributed by atoms with E-state index >= 15 is 0 Å². The van der Waals surface area contributed by atoms with E-state index in [4.69, 9.17) is 4.74 Å². The molecule has 2 aromatic heterocycles. The maximum absolute atomic E-state index is 12.0. The first-order valence-corrected chi connectivity index (χ1v) is 7.46. The van der Waals surface area contributed by atoms with Crippen molar-refractivity contribution in [2.45, 2.75) is 13.0 Å². The van der Waals surface area contributed by atoms with Gasteiger partial charge in [0.1, 0.15) is 11.4 Å². The Morgan fingerprint density at radius 2 is 2.08 bits per heavy atom. The minimum atomic E-state index is -0.0731. The van der Waals surface area contributed by atoms with Crippen molar-refractivity contribution >= 4 is 5.91 Å². The lowest BCUT2D eigenvalue weighted by Crippen LogP contribution is -2.24. The molecule has 0 saturated carbocycles. The van der Waals surface area contributed by atoms with Crippen LogP contribution in [0.4, 0.5) is 0 Å². The summed E-state index contributed by atoms with van der Waals surface area (Å²) in [5, 5.41) is 10.9. The van der Waals surface area contributed by atoms with E-state index in [9.17, 15) is 4.79 Å². The summed E-state index contributed by atoms with van der Waals surface area (Å²) in [6.45, 7) is 0.329. The number of carbonyl (C=O) groups excluding carboxylic acids is 1. The molecule has 2 heterocycles. The lowest BCUT2D eigenvalue weighted by molar-refractivity contribution is -0.120. The highest BCUT2D eigenvalue weighted by atomic mass is 16.5. The Morgan fingerprint density at radius 1 is 1.25 bits per heavy atom. The predicted octanol–water partition coefficient (Wildman–Crippen LogP) is 1.53. The van der Waals surface area contributed by atoms with E-state index in [2.05, 4.69) is 20.6 Å². The van der Waals surface area contributed by atoms with Gasteiger partial charge in [0.2, 0.25) is 5.91 Å². The summed E-state index contributed by atoms with van der Waals surface area (Å²) in [5.74, 6) is 0.697. The minimum absolute atomic E-state index is 0.0731. The molecule has 0 atom stereocenters. The molecule has 24 heavy (non-hydrogen) atoms. The Hall–Kier alpha value is -3.22. The summed E-state index contributed by atoms with van der Waals surface area (Å²) in [6, 6.07) is 11.1. The molecule has 0 aliphatic rings. The normalized spacial score (nSPS) is 10.4. The Morgan fingerprint density at radius 3 is 2.79 bits per heavy atom. The first-order chi connectivity index (χ1) is 11.7. The predicted molar refractivity (Wildman–Crippen MR) is 87.7 cm³/mol.